The lowest BCUT2D eigenvalue weighted by molar-refractivity contribution is -0.122. The van der Waals surface area contributed by atoms with Crippen LogP contribution in [0, 0.1) is 17.5 Å². The summed E-state index contributed by atoms with van der Waals surface area (Å²) in [5.41, 5.74) is -0.517. The van der Waals surface area contributed by atoms with Crippen molar-refractivity contribution in [1.29, 1.82) is 0 Å². The topological polar surface area (TPSA) is 102 Å². The summed E-state index contributed by atoms with van der Waals surface area (Å²) in [6.07, 6.45) is 3.65. The Hall–Kier alpha value is -3.28. The van der Waals surface area contributed by atoms with Gasteiger partial charge in [0.25, 0.3) is 0 Å². The quantitative estimate of drug-likeness (QED) is 0.372. The minimum atomic E-state index is -1.69. The molecule has 0 atom stereocenters. The molecule has 32 heavy (non-hydrogen) atoms. The van der Waals surface area contributed by atoms with Crippen LogP contribution >= 0.6 is 11.8 Å². The molecule has 0 unspecified atom stereocenters. The summed E-state index contributed by atoms with van der Waals surface area (Å²) in [7, 11) is 0. The fourth-order valence-corrected chi connectivity index (χ4v) is 3.71. The summed E-state index contributed by atoms with van der Waals surface area (Å²) in [6, 6.07) is 5.21. The highest BCUT2D eigenvalue weighted by molar-refractivity contribution is 7.99. The van der Waals surface area contributed by atoms with Crippen LogP contribution in [0.3, 0.4) is 0 Å². The number of nitrogens with zero attached hydrogens (tertiary/aromatic N) is 3. The molecule has 1 aromatic carbocycles. The van der Waals surface area contributed by atoms with E-state index in [0.29, 0.717) is 23.7 Å². The predicted molar refractivity (Wildman–Crippen MR) is 108 cm³/mol. The molecular weight excluding hydrogens is 447 g/mol. The molecule has 2 heterocycles. The zero-order chi connectivity index (χ0) is 22.7. The minimum Gasteiger partial charge on any atom is -0.467 e. The van der Waals surface area contributed by atoms with Gasteiger partial charge in [-0.2, -0.15) is 0 Å². The van der Waals surface area contributed by atoms with Crippen molar-refractivity contribution >= 4 is 29.3 Å². The van der Waals surface area contributed by atoms with E-state index < -0.39 is 41.5 Å². The number of nitrogens with one attached hydrogen (secondary N) is 2. The van der Waals surface area contributed by atoms with Crippen LogP contribution in [0.1, 0.15) is 30.3 Å². The molecule has 4 rings (SSSR count). The Balaban J connectivity index is 1.30. The van der Waals surface area contributed by atoms with E-state index in [0.717, 1.165) is 42.3 Å². The van der Waals surface area contributed by atoms with Gasteiger partial charge in [-0.05, 0) is 37.1 Å². The summed E-state index contributed by atoms with van der Waals surface area (Å²) in [5.74, 6) is -3.92. The van der Waals surface area contributed by atoms with Gasteiger partial charge >= 0.3 is 0 Å². The second-order valence-corrected chi connectivity index (χ2v) is 8.06. The maximum absolute atomic E-state index is 13.6. The van der Waals surface area contributed by atoms with E-state index in [-0.39, 0.29) is 5.75 Å². The molecule has 1 aliphatic rings. The van der Waals surface area contributed by atoms with Gasteiger partial charge in [-0.1, -0.05) is 11.8 Å². The molecule has 1 aliphatic carbocycles. The number of amides is 2. The first kappa shape index (κ1) is 21.9. The van der Waals surface area contributed by atoms with Gasteiger partial charge in [0.2, 0.25) is 11.8 Å². The molecule has 0 aliphatic heterocycles. The van der Waals surface area contributed by atoms with Crippen LogP contribution in [0.25, 0.3) is 0 Å². The van der Waals surface area contributed by atoms with Crippen molar-refractivity contribution in [1.82, 2.24) is 20.1 Å². The van der Waals surface area contributed by atoms with Crippen LogP contribution in [-0.4, -0.2) is 38.9 Å². The van der Waals surface area contributed by atoms with E-state index in [1.807, 2.05) is 10.6 Å². The molecule has 0 bridgehead atoms. The number of rotatable bonds is 9. The molecule has 8 nitrogen and oxygen atoms in total. The van der Waals surface area contributed by atoms with E-state index >= 15 is 0 Å². The van der Waals surface area contributed by atoms with Crippen molar-refractivity contribution in [3.63, 3.8) is 0 Å². The maximum Gasteiger partial charge on any atom is 0.243 e. The normalized spacial score (nSPS) is 13.2. The average molecular weight is 465 g/mol. The summed E-state index contributed by atoms with van der Waals surface area (Å²) < 4.78 is 47.1. The predicted octanol–water partition coefficient (Wildman–Crippen LogP) is 3.06. The lowest BCUT2D eigenvalue weighted by atomic mass is 10.2. The van der Waals surface area contributed by atoms with Gasteiger partial charge in [0.05, 0.1) is 30.8 Å². The Morgan fingerprint density at radius 2 is 1.94 bits per heavy atom. The third-order valence-electron chi connectivity index (χ3n) is 4.67. The van der Waals surface area contributed by atoms with Crippen LogP contribution in [0.2, 0.25) is 0 Å². The van der Waals surface area contributed by atoms with Crippen molar-refractivity contribution in [3.05, 3.63) is 59.6 Å². The molecule has 0 radical (unpaired) electrons. The summed E-state index contributed by atoms with van der Waals surface area (Å²) in [5, 5.41) is 13.4. The fourth-order valence-electron chi connectivity index (χ4n) is 2.93. The summed E-state index contributed by atoms with van der Waals surface area (Å²) in [4.78, 5) is 24.1. The van der Waals surface area contributed by atoms with Gasteiger partial charge in [0, 0.05) is 5.92 Å². The summed E-state index contributed by atoms with van der Waals surface area (Å²) in [6.45, 7) is -0.0256. The molecule has 12 heteroatoms. The molecular formula is C20H18F3N5O3S. The van der Waals surface area contributed by atoms with E-state index in [4.69, 9.17) is 4.42 Å². The Morgan fingerprint density at radius 1 is 1.12 bits per heavy atom. The number of benzene rings is 1. The monoisotopic (exact) mass is 465 g/mol. The van der Waals surface area contributed by atoms with Crippen LogP contribution < -0.4 is 10.6 Å². The molecule has 2 aromatic heterocycles. The number of hydrogen-bond donors (Lipinski definition) is 2. The highest BCUT2D eigenvalue weighted by atomic mass is 32.2. The summed E-state index contributed by atoms with van der Waals surface area (Å²) >= 11 is 1.16. The van der Waals surface area contributed by atoms with Crippen LogP contribution in [0.4, 0.5) is 18.9 Å². The van der Waals surface area contributed by atoms with Crippen molar-refractivity contribution < 1.29 is 27.2 Å². The van der Waals surface area contributed by atoms with Gasteiger partial charge in [-0.25, -0.2) is 13.2 Å². The first-order valence-electron chi connectivity index (χ1n) is 9.70. The number of halogens is 3. The zero-order valence-electron chi connectivity index (χ0n) is 16.6. The number of carbonyl (C=O) groups is 2. The van der Waals surface area contributed by atoms with Crippen molar-refractivity contribution in [2.45, 2.75) is 30.5 Å². The fraction of sp³-hybridized carbons (Fsp3) is 0.300. The van der Waals surface area contributed by atoms with Gasteiger partial charge in [-0.3, -0.25) is 14.2 Å². The van der Waals surface area contributed by atoms with Crippen molar-refractivity contribution in [2.75, 3.05) is 17.6 Å². The van der Waals surface area contributed by atoms with E-state index in [2.05, 4.69) is 20.8 Å². The number of carbonyl (C=O) groups excluding carboxylic acids is 2. The van der Waals surface area contributed by atoms with Gasteiger partial charge in [0.1, 0.15) is 11.6 Å². The molecule has 0 saturated heterocycles. The SMILES string of the molecule is O=C(CSc1nnc(C2CC2)n1Cc1ccco1)NCC(=O)Nc1ccc(F)c(F)c1F. The van der Waals surface area contributed by atoms with Gasteiger partial charge < -0.3 is 15.1 Å². The minimum absolute atomic E-state index is 0.0340. The maximum atomic E-state index is 13.6. The molecule has 1 saturated carbocycles. The number of aromatic nitrogens is 3. The van der Waals surface area contributed by atoms with Gasteiger partial charge in [-0.15, -0.1) is 10.2 Å². The molecule has 0 spiro atoms. The van der Waals surface area contributed by atoms with E-state index in [1.165, 1.54) is 0 Å². The van der Waals surface area contributed by atoms with Crippen LogP contribution in [-0.2, 0) is 16.1 Å². The van der Waals surface area contributed by atoms with Crippen LogP contribution in [0.5, 0.6) is 0 Å². The molecule has 168 valence electrons. The largest absolute Gasteiger partial charge is 0.467 e. The zero-order valence-corrected chi connectivity index (χ0v) is 17.4. The Morgan fingerprint density at radius 3 is 2.66 bits per heavy atom. The van der Waals surface area contributed by atoms with E-state index in [9.17, 15) is 22.8 Å². The smallest absolute Gasteiger partial charge is 0.243 e. The number of furan rings is 1. The number of thioether (sulfide) groups is 1. The van der Waals surface area contributed by atoms with Gasteiger partial charge in [0.15, 0.2) is 22.6 Å². The van der Waals surface area contributed by atoms with Crippen LogP contribution in [0.15, 0.2) is 40.1 Å². The van der Waals surface area contributed by atoms with E-state index in [1.54, 1.807) is 12.3 Å². The lowest BCUT2D eigenvalue weighted by Crippen LogP contribution is -2.34. The van der Waals surface area contributed by atoms with Crippen molar-refractivity contribution in [2.24, 2.45) is 0 Å². The standard InChI is InChI=1S/C20H18F3N5O3S/c21-13-5-6-14(18(23)17(13)22)25-15(29)8-24-16(30)10-32-20-27-26-19(11-3-4-11)28(20)9-12-2-1-7-31-12/h1-2,5-7,11H,3-4,8-10H2,(H,24,30)(H,25,29). The third-order valence-corrected chi connectivity index (χ3v) is 5.64. The highest BCUT2D eigenvalue weighted by Gasteiger charge is 2.30. The van der Waals surface area contributed by atoms with Crippen molar-refractivity contribution in [3.8, 4) is 0 Å². The molecule has 2 N–H and O–H groups in total. The Labute approximate surface area is 184 Å². The average Bonchev–Trinajstić information content (AvgIpc) is 3.34. The molecule has 3 aromatic rings. The number of anilines is 1. The number of hydrogen-bond acceptors (Lipinski definition) is 6. The lowest BCUT2D eigenvalue weighted by Gasteiger charge is -2.09. The molecule has 1 fully saturated rings. The Bertz CT molecular complexity index is 1130. The second kappa shape index (κ2) is 9.47. The highest BCUT2D eigenvalue weighted by Crippen LogP contribution is 2.40. The Kier molecular flexibility index (Phi) is 6.49. The first-order valence-corrected chi connectivity index (χ1v) is 10.7. The third kappa shape index (κ3) is 5.13. The molecule has 2 amide bonds. The first-order chi connectivity index (χ1) is 15.4. The second-order valence-electron chi connectivity index (χ2n) is 7.12.